The highest BCUT2D eigenvalue weighted by Gasteiger charge is 2.09. The van der Waals surface area contributed by atoms with Crippen molar-refractivity contribution < 1.29 is 8.94 Å². The Labute approximate surface area is 165 Å². The Bertz CT molecular complexity index is 909. The molecule has 0 radical (unpaired) electrons. The molecule has 0 aliphatic heterocycles. The van der Waals surface area contributed by atoms with Crippen LogP contribution in [0.1, 0.15) is 42.5 Å². The van der Waals surface area contributed by atoms with E-state index < -0.39 is 0 Å². The number of benzene rings is 1. The fourth-order valence-electron chi connectivity index (χ4n) is 2.64. The molecule has 3 aromatic rings. The molecule has 0 aliphatic rings. The highest BCUT2D eigenvalue weighted by molar-refractivity contribution is 5.79. The molecule has 0 saturated heterocycles. The minimum atomic E-state index is 0.349. The summed E-state index contributed by atoms with van der Waals surface area (Å²) in [4.78, 5) is 8.78. The fourth-order valence-corrected chi connectivity index (χ4v) is 2.64. The number of rotatable bonds is 7. The van der Waals surface area contributed by atoms with Crippen LogP contribution in [0, 0.1) is 6.92 Å². The molecule has 0 bridgehead atoms. The fraction of sp³-hybridized carbons (Fsp3) is 0.381. The van der Waals surface area contributed by atoms with E-state index in [4.69, 9.17) is 8.94 Å². The lowest BCUT2D eigenvalue weighted by molar-refractivity contribution is 0.372. The number of oxazole rings is 1. The summed E-state index contributed by atoms with van der Waals surface area (Å²) in [5.41, 5.74) is 4.05. The van der Waals surface area contributed by atoms with Crippen LogP contribution in [0.3, 0.4) is 0 Å². The molecule has 7 heteroatoms. The van der Waals surface area contributed by atoms with Crippen LogP contribution in [-0.2, 0) is 13.0 Å². The van der Waals surface area contributed by atoms with E-state index in [2.05, 4.69) is 58.7 Å². The van der Waals surface area contributed by atoms with Crippen molar-refractivity contribution in [2.75, 3.05) is 13.6 Å². The van der Waals surface area contributed by atoms with Gasteiger partial charge in [-0.3, -0.25) is 4.99 Å². The third-order valence-corrected chi connectivity index (χ3v) is 4.35. The van der Waals surface area contributed by atoms with Crippen LogP contribution < -0.4 is 10.6 Å². The van der Waals surface area contributed by atoms with E-state index in [1.165, 1.54) is 5.56 Å². The average molecular weight is 381 g/mol. The van der Waals surface area contributed by atoms with Crippen LogP contribution in [0.5, 0.6) is 0 Å². The molecule has 2 aromatic heterocycles. The molecule has 0 saturated carbocycles. The van der Waals surface area contributed by atoms with Gasteiger partial charge in [-0.05, 0) is 25.0 Å². The maximum absolute atomic E-state index is 5.60. The zero-order chi connectivity index (χ0) is 19.9. The van der Waals surface area contributed by atoms with E-state index in [0.717, 1.165) is 29.1 Å². The largest absolute Gasteiger partial charge is 0.444 e. The Morgan fingerprint density at radius 2 is 1.96 bits per heavy atom. The average Bonchev–Trinajstić information content (AvgIpc) is 3.35. The number of nitrogens with one attached hydrogen (secondary N) is 2. The number of hydrogen-bond donors (Lipinski definition) is 2. The quantitative estimate of drug-likeness (QED) is 0.479. The standard InChI is InChI=1S/C21H27N5O2/c1-14(2)19-11-18(28-26-19)12-24-21(22-4)23-10-9-17-13-27-20(25-17)16-7-5-15(3)6-8-16/h5-8,11,13-14H,9-10,12H2,1-4H3,(H2,22,23,24). The number of guanidine groups is 1. The van der Waals surface area contributed by atoms with Crippen LogP contribution in [0.15, 0.2) is 50.5 Å². The van der Waals surface area contributed by atoms with E-state index >= 15 is 0 Å². The topological polar surface area (TPSA) is 88.5 Å². The highest BCUT2D eigenvalue weighted by atomic mass is 16.5. The van der Waals surface area contributed by atoms with Gasteiger partial charge in [-0.25, -0.2) is 4.98 Å². The Hall–Kier alpha value is -3.09. The van der Waals surface area contributed by atoms with Crippen LogP contribution >= 0.6 is 0 Å². The lowest BCUT2D eigenvalue weighted by Gasteiger charge is -2.09. The van der Waals surface area contributed by atoms with Crippen molar-refractivity contribution in [1.82, 2.24) is 20.8 Å². The van der Waals surface area contributed by atoms with Crippen molar-refractivity contribution in [3.05, 3.63) is 59.3 Å². The number of nitrogens with zero attached hydrogens (tertiary/aromatic N) is 3. The van der Waals surface area contributed by atoms with E-state index in [1.54, 1.807) is 13.3 Å². The lowest BCUT2D eigenvalue weighted by Crippen LogP contribution is -2.37. The molecule has 0 atom stereocenters. The molecule has 0 unspecified atom stereocenters. The van der Waals surface area contributed by atoms with Gasteiger partial charge in [-0.15, -0.1) is 0 Å². The second kappa shape index (κ2) is 9.21. The van der Waals surface area contributed by atoms with E-state index in [1.807, 2.05) is 18.2 Å². The van der Waals surface area contributed by atoms with Crippen LogP contribution in [-0.4, -0.2) is 29.7 Å². The summed E-state index contributed by atoms with van der Waals surface area (Å²) in [6.45, 7) is 7.45. The summed E-state index contributed by atoms with van der Waals surface area (Å²) in [6.07, 6.45) is 2.44. The van der Waals surface area contributed by atoms with Crippen molar-refractivity contribution in [3.63, 3.8) is 0 Å². The van der Waals surface area contributed by atoms with Gasteiger partial charge in [0.2, 0.25) is 5.89 Å². The Morgan fingerprint density at radius 1 is 1.18 bits per heavy atom. The van der Waals surface area contributed by atoms with Gasteiger partial charge < -0.3 is 19.6 Å². The monoisotopic (exact) mass is 381 g/mol. The predicted molar refractivity (Wildman–Crippen MR) is 109 cm³/mol. The first-order valence-electron chi connectivity index (χ1n) is 9.46. The summed E-state index contributed by atoms with van der Waals surface area (Å²) >= 11 is 0. The first kappa shape index (κ1) is 19.7. The van der Waals surface area contributed by atoms with Gasteiger partial charge in [-0.1, -0.05) is 36.7 Å². The molecule has 7 nitrogen and oxygen atoms in total. The molecular formula is C21H27N5O2. The van der Waals surface area contributed by atoms with Crippen molar-refractivity contribution in [2.45, 2.75) is 39.7 Å². The van der Waals surface area contributed by atoms with Crippen molar-refractivity contribution in [3.8, 4) is 11.5 Å². The van der Waals surface area contributed by atoms with Crippen molar-refractivity contribution >= 4 is 5.96 Å². The number of aliphatic imine (C=N–C) groups is 1. The van der Waals surface area contributed by atoms with Crippen LogP contribution in [0.25, 0.3) is 11.5 Å². The number of hydrogen-bond acceptors (Lipinski definition) is 5. The van der Waals surface area contributed by atoms with Crippen molar-refractivity contribution in [1.29, 1.82) is 0 Å². The van der Waals surface area contributed by atoms with E-state index in [-0.39, 0.29) is 0 Å². The summed E-state index contributed by atoms with van der Waals surface area (Å²) in [7, 11) is 1.74. The second-order valence-corrected chi connectivity index (χ2v) is 6.99. The Morgan fingerprint density at radius 3 is 2.64 bits per heavy atom. The molecule has 2 heterocycles. The minimum absolute atomic E-state index is 0.349. The lowest BCUT2D eigenvalue weighted by atomic mass is 10.1. The van der Waals surface area contributed by atoms with Gasteiger partial charge in [0.05, 0.1) is 17.9 Å². The van der Waals surface area contributed by atoms with Crippen LogP contribution in [0.2, 0.25) is 0 Å². The van der Waals surface area contributed by atoms with Gasteiger partial charge >= 0.3 is 0 Å². The summed E-state index contributed by atoms with van der Waals surface area (Å²) < 4.78 is 10.9. The van der Waals surface area contributed by atoms with Crippen LogP contribution in [0.4, 0.5) is 0 Å². The summed E-state index contributed by atoms with van der Waals surface area (Å²) in [5, 5.41) is 10.6. The zero-order valence-electron chi connectivity index (χ0n) is 16.8. The van der Waals surface area contributed by atoms with E-state index in [9.17, 15) is 0 Å². The molecule has 3 rings (SSSR count). The molecule has 148 valence electrons. The Balaban J connectivity index is 1.46. The molecule has 0 amide bonds. The minimum Gasteiger partial charge on any atom is -0.444 e. The third kappa shape index (κ3) is 5.22. The van der Waals surface area contributed by atoms with Gasteiger partial charge in [-0.2, -0.15) is 0 Å². The molecule has 0 aliphatic carbocycles. The van der Waals surface area contributed by atoms with Gasteiger partial charge in [0.15, 0.2) is 11.7 Å². The van der Waals surface area contributed by atoms with Gasteiger partial charge in [0.1, 0.15) is 6.26 Å². The molecular weight excluding hydrogens is 354 g/mol. The SMILES string of the molecule is CN=C(NCCc1coc(-c2ccc(C)cc2)n1)NCc1cc(C(C)C)no1. The second-order valence-electron chi connectivity index (χ2n) is 6.99. The molecule has 1 aromatic carbocycles. The number of aromatic nitrogens is 2. The molecule has 0 spiro atoms. The first-order valence-corrected chi connectivity index (χ1v) is 9.46. The first-order chi connectivity index (χ1) is 13.5. The maximum Gasteiger partial charge on any atom is 0.226 e. The smallest absolute Gasteiger partial charge is 0.226 e. The number of aryl methyl sites for hydroxylation is 1. The Kier molecular flexibility index (Phi) is 6.47. The summed E-state index contributed by atoms with van der Waals surface area (Å²) in [6, 6.07) is 10.1. The molecule has 0 fully saturated rings. The molecule has 2 N–H and O–H groups in total. The summed E-state index contributed by atoms with van der Waals surface area (Å²) in [5.74, 6) is 2.47. The molecule has 28 heavy (non-hydrogen) atoms. The predicted octanol–water partition coefficient (Wildman–Crippen LogP) is 3.67. The van der Waals surface area contributed by atoms with Crippen molar-refractivity contribution in [2.24, 2.45) is 4.99 Å². The highest BCUT2D eigenvalue weighted by Crippen LogP contribution is 2.19. The third-order valence-electron chi connectivity index (χ3n) is 4.35. The van der Waals surface area contributed by atoms with Gasteiger partial charge in [0, 0.05) is 31.6 Å². The maximum atomic E-state index is 5.60. The normalized spacial score (nSPS) is 11.8. The van der Waals surface area contributed by atoms with Gasteiger partial charge in [0.25, 0.3) is 0 Å². The zero-order valence-corrected chi connectivity index (χ0v) is 16.8. The van der Waals surface area contributed by atoms with E-state index in [0.29, 0.717) is 30.9 Å².